The van der Waals surface area contributed by atoms with E-state index < -0.39 is 7.59 Å². The highest BCUT2D eigenvalue weighted by molar-refractivity contribution is 7.56. The largest absolute Gasteiger partial charge is 0.363 e. The first-order valence-electron chi connectivity index (χ1n) is 3.26. The van der Waals surface area contributed by atoms with Crippen LogP contribution in [0.5, 0.6) is 0 Å². The minimum atomic E-state index is -3.13. The Bertz CT molecular complexity index is 175. The topological polar surface area (TPSA) is 84.8 Å². The Morgan fingerprint density at radius 2 is 2.27 bits per heavy atom. The minimum absolute atomic E-state index is 0.412. The maximum atomic E-state index is 11.1. The van der Waals surface area contributed by atoms with Crippen LogP contribution in [0.3, 0.4) is 0 Å². The molecule has 6 nitrogen and oxygen atoms in total. The van der Waals surface area contributed by atoms with E-state index in [4.69, 9.17) is 15.7 Å². The zero-order chi connectivity index (χ0) is 8.48. The van der Waals surface area contributed by atoms with Gasteiger partial charge in [0, 0.05) is 13.6 Å². The summed E-state index contributed by atoms with van der Waals surface area (Å²) < 4.78 is 17.5. The predicted octanol–water partition coefficient (Wildman–Crippen LogP) is -0.852. The number of ether oxygens (including phenoxy) is 1. The first-order chi connectivity index (χ1) is 5.02. The van der Waals surface area contributed by atoms with Crippen molar-refractivity contribution in [3.8, 4) is 0 Å². The molecule has 0 aliphatic carbocycles. The fourth-order valence-corrected chi connectivity index (χ4v) is 1.37. The van der Waals surface area contributed by atoms with Crippen LogP contribution < -0.4 is 11.0 Å². The van der Waals surface area contributed by atoms with E-state index in [1.54, 1.807) is 12.1 Å². The lowest BCUT2D eigenvalue weighted by atomic mass is 10.7. The molecular formula is C4H13N4O2P. The summed E-state index contributed by atoms with van der Waals surface area (Å²) >= 11 is 0. The van der Waals surface area contributed by atoms with Gasteiger partial charge in [-0.3, -0.25) is 15.6 Å². The third-order valence-corrected chi connectivity index (χ3v) is 2.75. The fourth-order valence-electron chi connectivity index (χ4n) is 0.830. The molecule has 0 aromatic heterocycles. The van der Waals surface area contributed by atoms with Crippen molar-refractivity contribution in [1.29, 1.82) is 0 Å². The molecule has 0 amide bonds. The summed E-state index contributed by atoms with van der Waals surface area (Å²) in [7, 11) is -1.53. The van der Waals surface area contributed by atoms with E-state index in [0.717, 1.165) is 0 Å². The number of hydrogen-bond donors (Lipinski definition) is 2. The molecule has 1 aliphatic rings. The second-order valence-electron chi connectivity index (χ2n) is 2.43. The molecule has 1 aliphatic heterocycles. The van der Waals surface area contributed by atoms with Crippen molar-refractivity contribution >= 4 is 7.59 Å². The summed E-state index contributed by atoms with van der Waals surface area (Å²) in [5.41, 5.74) is 10.4. The molecule has 0 saturated carbocycles. The van der Waals surface area contributed by atoms with Gasteiger partial charge >= 0.3 is 0 Å². The molecule has 7 heteroatoms. The summed E-state index contributed by atoms with van der Waals surface area (Å²) in [6.45, 7) is 1.73. The lowest BCUT2D eigenvalue weighted by Gasteiger charge is -2.28. The van der Waals surface area contributed by atoms with E-state index in [9.17, 15) is 4.57 Å². The van der Waals surface area contributed by atoms with Gasteiger partial charge in [-0.05, 0) is 0 Å². The fraction of sp³-hybridized carbons (Fsp3) is 1.00. The van der Waals surface area contributed by atoms with Gasteiger partial charge < -0.3 is 4.74 Å². The van der Waals surface area contributed by atoms with Crippen LogP contribution in [-0.4, -0.2) is 36.7 Å². The number of hydrogen-bond acceptors (Lipinski definition) is 3. The molecule has 0 radical (unpaired) electrons. The van der Waals surface area contributed by atoms with Crippen LogP contribution in [0.2, 0.25) is 0 Å². The lowest BCUT2D eigenvalue weighted by molar-refractivity contribution is 0.0464. The summed E-state index contributed by atoms with van der Waals surface area (Å²) in [4.78, 5) is 0. The molecule has 0 spiro atoms. The quantitative estimate of drug-likeness (QED) is 0.538. The maximum Gasteiger partial charge on any atom is 0.289 e. The van der Waals surface area contributed by atoms with Crippen LogP contribution in [-0.2, 0) is 9.30 Å². The second kappa shape index (κ2) is 3.18. The van der Waals surface area contributed by atoms with Crippen LogP contribution in [0.15, 0.2) is 0 Å². The number of hydrazine groups is 1. The Morgan fingerprint density at radius 1 is 1.64 bits per heavy atom. The molecule has 0 aromatic carbocycles. The van der Waals surface area contributed by atoms with Crippen LogP contribution in [0, 0.1) is 0 Å². The molecule has 0 bridgehead atoms. The lowest BCUT2D eigenvalue weighted by Crippen LogP contribution is -2.39. The number of nitrogens with zero attached hydrogens (tertiary/aromatic N) is 2. The molecule has 1 rings (SSSR count). The van der Waals surface area contributed by atoms with Crippen molar-refractivity contribution in [2.75, 3.05) is 26.9 Å². The molecule has 4 N–H and O–H groups in total. The van der Waals surface area contributed by atoms with E-state index in [0.29, 0.717) is 19.9 Å². The Hall–Kier alpha value is 0.0300. The Morgan fingerprint density at radius 3 is 2.64 bits per heavy atom. The number of nitrogens with two attached hydrogens (primary N) is 2. The van der Waals surface area contributed by atoms with E-state index in [2.05, 4.69) is 0 Å². The molecule has 0 aromatic rings. The van der Waals surface area contributed by atoms with Gasteiger partial charge in [0.05, 0.1) is 6.61 Å². The smallest absolute Gasteiger partial charge is 0.289 e. The highest BCUT2D eigenvalue weighted by atomic mass is 31.2. The van der Waals surface area contributed by atoms with Gasteiger partial charge in [0.1, 0.15) is 6.73 Å². The van der Waals surface area contributed by atoms with Gasteiger partial charge in [0.25, 0.3) is 7.59 Å². The molecular weight excluding hydrogens is 167 g/mol. The van der Waals surface area contributed by atoms with Gasteiger partial charge in [-0.25, -0.2) is 5.01 Å². The summed E-state index contributed by atoms with van der Waals surface area (Å²) in [6.07, 6.45) is 0. The van der Waals surface area contributed by atoms with Gasteiger partial charge in [-0.15, -0.1) is 0 Å². The molecule has 11 heavy (non-hydrogen) atoms. The summed E-state index contributed by atoms with van der Waals surface area (Å²) in [5, 5.41) is 1.71. The maximum absolute atomic E-state index is 11.1. The zero-order valence-electron chi connectivity index (χ0n) is 6.43. The van der Waals surface area contributed by atoms with Crippen molar-refractivity contribution in [3.05, 3.63) is 0 Å². The molecule has 66 valence electrons. The Balaban J connectivity index is 2.53. The van der Waals surface area contributed by atoms with Crippen molar-refractivity contribution in [1.82, 2.24) is 9.79 Å². The van der Waals surface area contributed by atoms with Crippen LogP contribution in [0.1, 0.15) is 0 Å². The highest BCUT2D eigenvalue weighted by Crippen LogP contribution is 2.31. The van der Waals surface area contributed by atoms with Gasteiger partial charge in [-0.2, -0.15) is 4.78 Å². The average Bonchev–Trinajstić information content (AvgIpc) is 2.34. The zero-order valence-corrected chi connectivity index (χ0v) is 7.33. The second-order valence-corrected chi connectivity index (χ2v) is 4.35. The average molecular weight is 180 g/mol. The standard InChI is InChI=1S/C4H13N4O2P/c1-7(11(5,6)9)8-2-3-10-4-8/h2-4H2,1H3,(H4,5,6,9). The van der Waals surface area contributed by atoms with Gasteiger partial charge in [0.2, 0.25) is 0 Å². The molecule has 0 atom stereocenters. The van der Waals surface area contributed by atoms with Crippen molar-refractivity contribution < 1.29 is 9.30 Å². The van der Waals surface area contributed by atoms with Crippen molar-refractivity contribution in [3.63, 3.8) is 0 Å². The first-order valence-corrected chi connectivity index (χ1v) is 5.05. The number of rotatable bonds is 2. The molecule has 1 heterocycles. The third kappa shape index (κ3) is 2.23. The van der Waals surface area contributed by atoms with E-state index in [1.807, 2.05) is 0 Å². The molecule has 1 fully saturated rings. The molecule has 1 saturated heterocycles. The Kier molecular flexibility index (Phi) is 2.64. The minimum Gasteiger partial charge on any atom is -0.363 e. The third-order valence-electron chi connectivity index (χ3n) is 1.60. The Labute approximate surface area is 65.6 Å². The van der Waals surface area contributed by atoms with Gasteiger partial charge in [-0.1, -0.05) is 0 Å². The summed E-state index contributed by atoms with van der Waals surface area (Å²) in [5.74, 6) is 0. The van der Waals surface area contributed by atoms with Crippen LogP contribution in [0.25, 0.3) is 0 Å². The molecule has 0 unspecified atom stereocenters. The van der Waals surface area contributed by atoms with Crippen molar-refractivity contribution in [2.45, 2.75) is 0 Å². The van der Waals surface area contributed by atoms with E-state index in [1.165, 1.54) is 4.78 Å². The van der Waals surface area contributed by atoms with Gasteiger partial charge in [0.15, 0.2) is 0 Å². The predicted molar refractivity (Wildman–Crippen MR) is 41.3 cm³/mol. The van der Waals surface area contributed by atoms with E-state index in [-0.39, 0.29) is 0 Å². The summed E-state index contributed by atoms with van der Waals surface area (Å²) in [6, 6.07) is 0. The van der Waals surface area contributed by atoms with Crippen LogP contribution >= 0.6 is 7.59 Å². The SMILES string of the molecule is CN(N1CCOC1)P(N)(N)=O. The highest BCUT2D eigenvalue weighted by Gasteiger charge is 2.26. The first kappa shape index (κ1) is 9.12. The van der Waals surface area contributed by atoms with E-state index >= 15 is 0 Å². The normalized spacial score (nSPS) is 21.5. The van der Waals surface area contributed by atoms with Crippen molar-refractivity contribution in [2.24, 2.45) is 11.0 Å². The monoisotopic (exact) mass is 180 g/mol. The van der Waals surface area contributed by atoms with Crippen LogP contribution in [0.4, 0.5) is 0 Å².